The van der Waals surface area contributed by atoms with Crippen LogP contribution in [0.25, 0.3) is 0 Å². The molecule has 1 aromatic carbocycles. The van der Waals surface area contributed by atoms with Crippen LogP contribution in [0, 0.1) is 10.1 Å². The summed E-state index contributed by atoms with van der Waals surface area (Å²) in [6.07, 6.45) is 0. The van der Waals surface area contributed by atoms with Crippen LogP contribution < -0.4 is 4.74 Å². The van der Waals surface area contributed by atoms with Crippen molar-refractivity contribution in [3.05, 3.63) is 33.9 Å². The fourth-order valence-electron chi connectivity index (χ4n) is 1.42. The van der Waals surface area contributed by atoms with Crippen molar-refractivity contribution in [1.82, 2.24) is 0 Å². The first-order chi connectivity index (χ1) is 8.38. The van der Waals surface area contributed by atoms with Gasteiger partial charge in [0.25, 0.3) is 0 Å². The van der Waals surface area contributed by atoms with Gasteiger partial charge >= 0.3 is 17.6 Å². The first-order valence-corrected chi connectivity index (χ1v) is 4.66. The number of nitro groups is 1. The van der Waals surface area contributed by atoms with Crippen LogP contribution in [0.4, 0.5) is 5.69 Å². The Morgan fingerprint density at radius 3 is 2.28 bits per heavy atom. The number of benzene rings is 1. The van der Waals surface area contributed by atoms with Crippen molar-refractivity contribution < 1.29 is 29.5 Å². The molecule has 0 saturated carbocycles. The predicted molar refractivity (Wildman–Crippen MR) is 57.7 cm³/mol. The first-order valence-electron chi connectivity index (χ1n) is 4.66. The minimum Gasteiger partial charge on any atom is -0.490 e. The van der Waals surface area contributed by atoms with Gasteiger partial charge in [0.2, 0.25) is 0 Å². The number of methoxy groups -OCH3 is 1. The molecule has 18 heavy (non-hydrogen) atoms. The van der Waals surface area contributed by atoms with Gasteiger partial charge in [-0.1, -0.05) is 6.07 Å². The van der Waals surface area contributed by atoms with Crippen molar-refractivity contribution in [1.29, 1.82) is 0 Å². The van der Waals surface area contributed by atoms with E-state index in [0.29, 0.717) is 0 Å². The standard InChI is InChI=1S/C10H9NO7/c1-18-7-4-5(2-3-6(7)11(16)17)8(9(12)13)10(14)15/h2-4,8H,1H3,(H,12,13)(H,14,15). The summed E-state index contributed by atoms with van der Waals surface area (Å²) in [5.74, 6) is -5.10. The molecule has 0 aliphatic rings. The highest BCUT2D eigenvalue weighted by molar-refractivity contribution is 5.99. The monoisotopic (exact) mass is 255 g/mol. The van der Waals surface area contributed by atoms with Crippen LogP contribution in [0.3, 0.4) is 0 Å². The van der Waals surface area contributed by atoms with Gasteiger partial charge in [0.1, 0.15) is 0 Å². The molecule has 0 aliphatic carbocycles. The van der Waals surface area contributed by atoms with E-state index in [2.05, 4.69) is 0 Å². The Morgan fingerprint density at radius 1 is 1.33 bits per heavy atom. The predicted octanol–water partition coefficient (Wildman–Crippen LogP) is 0.856. The van der Waals surface area contributed by atoms with E-state index in [1.807, 2.05) is 0 Å². The zero-order valence-corrected chi connectivity index (χ0v) is 9.19. The molecule has 1 rings (SSSR count). The molecule has 0 radical (unpaired) electrons. The van der Waals surface area contributed by atoms with E-state index in [9.17, 15) is 19.7 Å². The zero-order valence-electron chi connectivity index (χ0n) is 9.19. The average Bonchev–Trinajstić information content (AvgIpc) is 2.27. The molecular formula is C10H9NO7. The van der Waals surface area contributed by atoms with Crippen molar-refractivity contribution in [2.75, 3.05) is 7.11 Å². The molecule has 0 amide bonds. The van der Waals surface area contributed by atoms with Crippen molar-refractivity contribution in [2.24, 2.45) is 0 Å². The van der Waals surface area contributed by atoms with Crippen LogP contribution in [-0.4, -0.2) is 34.2 Å². The highest BCUT2D eigenvalue weighted by atomic mass is 16.6. The molecule has 0 unspecified atom stereocenters. The highest BCUT2D eigenvalue weighted by Crippen LogP contribution is 2.30. The molecule has 8 heteroatoms. The minimum absolute atomic E-state index is 0.0996. The Hall–Kier alpha value is -2.64. The second-order valence-corrected chi connectivity index (χ2v) is 3.30. The number of ether oxygens (including phenoxy) is 1. The molecule has 8 nitrogen and oxygen atoms in total. The molecule has 1 aromatic rings. The fourth-order valence-corrected chi connectivity index (χ4v) is 1.42. The number of carbonyl (C=O) groups is 2. The molecule has 0 aromatic heterocycles. The zero-order chi connectivity index (χ0) is 13.9. The van der Waals surface area contributed by atoms with E-state index < -0.39 is 22.8 Å². The maximum Gasteiger partial charge on any atom is 0.322 e. The molecule has 0 heterocycles. The van der Waals surface area contributed by atoms with Crippen molar-refractivity contribution in [2.45, 2.75) is 5.92 Å². The van der Waals surface area contributed by atoms with E-state index >= 15 is 0 Å². The lowest BCUT2D eigenvalue weighted by atomic mass is 9.99. The molecule has 96 valence electrons. The molecule has 0 bridgehead atoms. The van der Waals surface area contributed by atoms with E-state index in [0.717, 1.165) is 18.2 Å². The first kappa shape index (κ1) is 13.4. The SMILES string of the molecule is COc1cc(C(C(=O)O)C(=O)O)ccc1[N+](=O)[O-]. The summed E-state index contributed by atoms with van der Waals surface area (Å²) in [6, 6.07) is 3.12. The number of carboxylic acid groups (broad SMARTS) is 2. The van der Waals surface area contributed by atoms with E-state index in [-0.39, 0.29) is 17.0 Å². The summed E-state index contributed by atoms with van der Waals surface area (Å²) < 4.78 is 4.73. The van der Waals surface area contributed by atoms with E-state index in [1.165, 1.54) is 7.11 Å². The molecule has 0 spiro atoms. The average molecular weight is 255 g/mol. The van der Waals surface area contributed by atoms with Gasteiger partial charge in [-0.3, -0.25) is 19.7 Å². The number of nitrogens with zero attached hydrogens (tertiary/aromatic N) is 1. The number of aliphatic carboxylic acids is 2. The molecule has 0 aliphatic heterocycles. The summed E-state index contributed by atoms with van der Waals surface area (Å²) in [5.41, 5.74) is -0.465. The summed E-state index contributed by atoms with van der Waals surface area (Å²) in [7, 11) is 1.17. The van der Waals surface area contributed by atoms with Gasteiger partial charge < -0.3 is 14.9 Å². The second kappa shape index (κ2) is 5.13. The molecular weight excluding hydrogens is 246 g/mol. The number of nitro benzene ring substituents is 1. The Balaban J connectivity index is 3.31. The largest absolute Gasteiger partial charge is 0.490 e. The lowest BCUT2D eigenvalue weighted by molar-refractivity contribution is -0.385. The second-order valence-electron chi connectivity index (χ2n) is 3.30. The third-order valence-electron chi connectivity index (χ3n) is 2.23. The van der Waals surface area contributed by atoms with Gasteiger partial charge in [-0.05, 0) is 11.6 Å². The normalized spacial score (nSPS) is 10.1. The maximum atomic E-state index is 10.8. The van der Waals surface area contributed by atoms with Gasteiger partial charge in [-0.15, -0.1) is 0 Å². The summed E-state index contributed by atoms with van der Waals surface area (Å²) >= 11 is 0. The van der Waals surface area contributed by atoms with Gasteiger partial charge in [0.15, 0.2) is 11.7 Å². The Bertz CT molecular complexity index is 497. The Morgan fingerprint density at radius 2 is 1.89 bits per heavy atom. The molecule has 0 atom stereocenters. The fraction of sp³-hybridized carbons (Fsp3) is 0.200. The quantitative estimate of drug-likeness (QED) is 0.453. The molecule has 0 fully saturated rings. The van der Waals surface area contributed by atoms with Gasteiger partial charge in [-0.2, -0.15) is 0 Å². The third-order valence-corrected chi connectivity index (χ3v) is 2.23. The van der Waals surface area contributed by atoms with Crippen LogP contribution in [0.2, 0.25) is 0 Å². The van der Waals surface area contributed by atoms with Crippen molar-refractivity contribution in [3.63, 3.8) is 0 Å². The third kappa shape index (κ3) is 2.54. The van der Waals surface area contributed by atoms with Crippen LogP contribution >= 0.6 is 0 Å². The van der Waals surface area contributed by atoms with E-state index in [1.54, 1.807) is 0 Å². The topological polar surface area (TPSA) is 127 Å². The van der Waals surface area contributed by atoms with Gasteiger partial charge in [0, 0.05) is 6.07 Å². The highest BCUT2D eigenvalue weighted by Gasteiger charge is 2.29. The lowest BCUT2D eigenvalue weighted by Crippen LogP contribution is -2.21. The Labute approximate surface area is 101 Å². The molecule has 0 saturated heterocycles. The summed E-state index contributed by atoms with van der Waals surface area (Å²) in [5, 5.41) is 28.2. The minimum atomic E-state index is -1.79. The summed E-state index contributed by atoms with van der Waals surface area (Å²) in [4.78, 5) is 31.5. The molecule has 2 N–H and O–H groups in total. The maximum absolute atomic E-state index is 10.8. The van der Waals surface area contributed by atoms with Crippen molar-refractivity contribution in [3.8, 4) is 5.75 Å². The lowest BCUT2D eigenvalue weighted by Gasteiger charge is -2.09. The number of rotatable bonds is 5. The van der Waals surface area contributed by atoms with Crippen LogP contribution in [0.15, 0.2) is 18.2 Å². The summed E-state index contributed by atoms with van der Waals surface area (Å²) in [6.45, 7) is 0. The number of hydrogen-bond donors (Lipinski definition) is 2. The number of hydrogen-bond acceptors (Lipinski definition) is 5. The van der Waals surface area contributed by atoms with Crippen LogP contribution in [0.5, 0.6) is 5.75 Å². The van der Waals surface area contributed by atoms with Gasteiger partial charge in [0.05, 0.1) is 12.0 Å². The smallest absolute Gasteiger partial charge is 0.322 e. The van der Waals surface area contributed by atoms with Crippen LogP contribution in [-0.2, 0) is 9.59 Å². The van der Waals surface area contributed by atoms with E-state index in [4.69, 9.17) is 14.9 Å². The van der Waals surface area contributed by atoms with Crippen molar-refractivity contribution >= 4 is 17.6 Å². The number of carboxylic acids is 2. The van der Waals surface area contributed by atoms with Crippen LogP contribution in [0.1, 0.15) is 11.5 Å². The van der Waals surface area contributed by atoms with Gasteiger partial charge in [-0.25, -0.2) is 0 Å². The Kier molecular flexibility index (Phi) is 3.82.